The molecule has 0 fully saturated rings. The topological polar surface area (TPSA) is 26.0 Å². The molecule has 0 aliphatic heterocycles. The molecule has 0 aromatic rings. The molecule has 1 heteroatoms. The molecule has 1 aliphatic rings. The third kappa shape index (κ3) is 6.88. The molecule has 24 heavy (non-hydrogen) atoms. The summed E-state index contributed by atoms with van der Waals surface area (Å²) in [4.78, 5) is 0. The zero-order chi connectivity index (χ0) is 18.2. The van der Waals surface area contributed by atoms with Gasteiger partial charge in [-0.05, 0) is 59.0 Å². The first-order valence-corrected chi connectivity index (χ1v) is 9.09. The molecule has 0 amide bonds. The van der Waals surface area contributed by atoms with Crippen molar-refractivity contribution < 1.29 is 0 Å². The smallest absolute Gasteiger partial charge is 0.0348 e. The lowest BCUT2D eigenvalue weighted by Gasteiger charge is -2.22. The lowest BCUT2D eigenvalue weighted by atomic mass is 9.90. The first-order chi connectivity index (χ1) is 11.3. The molecular formula is C23H35N. The summed E-state index contributed by atoms with van der Waals surface area (Å²) >= 11 is 0. The maximum absolute atomic E-state index is 6.09. The fraction of sp³-hybridized carbons (Fsp3) is 0.478. The number of allylic oxidation sites excluding steroid dienone is 9. The predicted molar refractivity (Wildman–Crippen MR) is 109 cm³/mol. The standard InChI is InChI=1S/C23H35N/c1-7-19(4)20(5)22(8-2)13-12-18(3)10-9-11-21-14-16-23(6,24)17-15-21/h7-8,12-16,20H,2,9-11,17,24H2,1,3-6H3/b18-12+,19-7-,22-13-. The van der Waals surface area contributed by atoms with Gasteiger partial charge in [-0.25, -0.2) is 0 Å². The van der Waals surface area contributed by atoms with E-state index in [4.69, 9.17) is 5.73 Å². The Morgan fingerprint density at radius 2 is 2.08 bits per heavy atom. The Labute approximate surface area is 149 Å². The second kappa shape index (κ2) is 9.64. The Kier molecular flexibility index (Phi) is 8.21. The van der Waals surface area contributed by atoms with Gasteiger partial charge in [0.1, 0.15) is 0 Å². The van der Waals surface area contributed by atoms with Crippen LogP contribution in [0.2, 0.25) is 0 Å². The molecule has 2 N–H and O–H groups in total. The fourth-order valence-electron chi connectivity index (χ4n) is 2.77. The highest BCUT2D eigenvalue weighted by Crippen LogP contribution is 2.23. The second-order valence-electron chi connectivity index (χ2n) is 7.31. The molecule has 2 unspecified atom stereocenters. The molecule has 1 aliphatic carbocycles. The number of hydrogen-bond acceptors (Lipinski definition) is 1. The molecule has 0 heterocycles. The minimum Gasteiger partial charge on any atom is -0.322 e. The largest absolute Gasteiger partial charge is 0.322 e. The molecule has 0 spiro atoms. The van der Waals surface area contributed by atoms with Crippen molar-refractivity contribution >= 4 is 0 Å². The van der Waals surface area contributed by atoms with Crippen LogP contribution in [0, 0.1) is 5.92 Å². The average molecular weight is 326 g/mol. The van der Waals surface area contributed by atoms with Gasteiger partial charge in [-0.3, -0.25) is 0 Å². The highest BCUT2D eigenvalue weighted by Gasteiger charge is 2.15. The summed E-state index contributed by atoms with van der Waals surface area (Å²) in [5.41, 5.74) is 11.4. The maximum atomic E-state index is 6.09. The van der Waals surface area contributed by atoms with Crippen molar-refractivity contribution in [3.63, 3.8) is 0 Å². The van der Waals surface area contributed by atoms with Gasteiger partial charge in [-0.1, -0.05) is 72.8 Å². The lowest BCUT2D eigenvalue weighted by Crippen LogP contribution is -2.34. The number of hydrogen-bond donors (Lipinski definition) is 1. The molecule has 0 radical (unpaired) electrons. The van der Waals surface area contributed by atoms with Gasteiger partial charge < -0.3 is 5.73 Å². The average Bonchev–Trinajstić information content (AvgIpc) is 2.56. The third-order valence-electron chi connectivity index (χ3n) is 4.95. The van der Waals surface area contributed by atoms with Gasteiger partial charge in [0.15, 0.2) is 0 Å². The van der Waals surface area contributed by atoms with E-state index in [0.717, 1.165) is 19.3 Å². The van der Waals surface area contributed by atoms with Crippen molar-refractivity contribution in [2.24, 2.45) is 11.7 Å². The lowest BCUT2D eigenvalue weighted by molar-refractivity contribution is 0.583. The van der Waals surface area contributed by atoms with Crippen LogP contribution in [0.4, 0.5) is 0 Å². The molecule has 1 rings (SSSR count). The predicted octanol–water partition coefficient (Wildman–Crippen LogP) is 6.42. The van der Waals surface area contributed by atoms with Gasteiger partial charge in [0.05, 0.1) is 0 Å². The molecular weight excluding hydrogens is 290 g/mol. The van der Waals surface area contributed by atoms with E-state index in [1.807, 2.05) is 6.08 Å². The van der Waals surface area contributed by atoms with Gasteiger partial charge in [0.2, 0.25) is 0 Å². The van der Waals surface area contributed by atoms with Crippen molar-refractivity contribution in [1.29, 1.82) is 0 Å². The van der Waals surface area contributed by atoms with Gasteiger partial charge >= 0.3 is 0 Å². The second-order valence-corrected chi connectivity index (χ2v) is 7.31. The summed E-state index contributed by atoms with van der Waals surface area (Å²) < 4.78 is 0. The SMILES string of the molecule is C=C/C(=C/C=C(\C)CCCC1=CCC(C)(N)C=C1)C(C)/C(C)=C\C. The highest BCUT2D eigenvalue weighted by molar-refractivity contribution is 5.31. The van der Waals surface area contributed by atoms with E-state index >= 15 is 0 Å². The van der Waals surface area contributed by atoms with Crippen LogP contribution in [0.1, 0.15) is 60.3 Å². The molecule has 1 nitrogen and oxygen atoms in total. The van der Waals surface area contributed by atoms with Gasteiger partial charge in [-0.2, -0.15) is 0 Å². The summed E-state index contributed by atoms with van der Waals surface area (Å²) in [5, 5.41) is 0. The van der Waals surface area contributed by atoms with Crippen molar-refractivity contribution in [2.45, 2.75) is 65.8 Å². The normalized spacial score (nSPS) is 23.9. The Morgan fingerprint density at radius 1 is 1.38 bits per heavy atom. The van der Waals surface area contributed by atoms with Crippen LogP contribution in [0.15, 0.2) is 71.4 Å². The minimum absolute atomic E-state index is 0.160. The van der Waals surface area contributed by atoms with E-state index in [2.05, 4.69) is 77.7 Å². The zero-order valence-electron chi connectivity index (χ0n) is 16.2. The van der Waals surface area contributed by atoms with Crippen molar-refractivity contribution in [3.8, 4) is 0 Å². The maximum Gasteiger partial charge on any atom is 0.0348 e. The molecule has 0 saturated heterocycles. The van der Waals surface area contributed by atoms with E-state index in [0.29, 0.717) is 5.92 Å². The van der Waals surface area contributed by atoms with E-state index in [1.165, 1.54) is 28.7 Å². The highest BCUT2D eigenvalue weighted by atomic mass is 14.7. The van der Waals surface area contributed by atoms with E-state index in [9.17, 15) is 0 Å². The summed E-state index contributed by atoms with van der Waals surface area (Å²) in [6.45, 7) is 14.8. The Balaban J connectivity index is 2.52. The molecule has 0 aromatic carbocycles. The summed E-state index contributed by atoms with van der Waals surface area (Å²) in [5.74, 6) is 0.430. The zero-order valence-corrected chi connectivity index (χ0v) is 16.2. The Hall–Kier alpha value is -1.60. The van der Waals surface area contributed by atoms with Crippen LogP contribution in [-0.4, -0.2) is 5.54 Å². The fourth-order valence-corrected chi connectivity index (χ4v) is 2.77. The van der Waals surface area contributed by atoms with Crippen LogP contribution < -0.4 is 5.73 Å². The molecule has 0 saturated carbocycles. The quantitative estimate of drug-likeness (QED) is 0.404. The van der Waals surface area contributed by atoms with Gasteiger partial charge in [0.25, 0.3) is 0 Å². The molecule has 2 atom stereocenters. The van der Waals surface area contributed by atoms with Crippen LogP contribution in [0.25, 0.3) is 0 Å². The third-order valence-corrected chi connectivity index (χ3v) is 4.95. The summed E-state index contributed by atoms with van der Waals surface area (Å²) in [7, 11) is 0. The van der Waals surface area contributed by atoms with E-state index in [1.54, 1.807) is 0 Å². The van der Waals surface area contributed by atoms with E-state index < -0.39 is 0 Å². The Morgan fingerprint density at radius 3 is 2.62 bits per heavy atom. The molecule has 132 valence electrons. The van der Waals surface area contributed by atoms with Crippen LogP contribution in [0.5, 0.6) is 0 Å². The van der Waals surface area contributed by atoms with Crippen LogP contribution in [0.3, 0.4) is 0 Å². The first-order valence-electron chi connectivity index (χ1n) is 9.09. The van der Waals surface area contributed by atoms with Gasteiger partial charge in [-0.15, -0.1) is 0 Å². The van der Waals surface area contributed by atoms with Crippen molar-refractivity contribution in [3.05, 3.63) is 71.4 Å². The minimum atomic E-state index is -0.160. The molecule has 0 aromatic heterocycles. The van der Waals surface area contributed by atoms with E-state index in [-0.39, 0.29) is 5.54 Å². The van der Waals surface area contributed by atoms with Crippen molar-refractivity contribution in [1.82, 2.24) is 0 Å². The first kappa shape index (κ1) is 20.4. The van der Waals surface area contributed by atoms with Crippen LogP contribution >= 0.6 is 0 Å². The van der Waals surface area contributed by atoms with Crippen LogP contribution in [-0.2, 0) is 0 Å². The number of nitrogens with two attached hydrogens (primary N) is 1. The molecule has 0 bridgehead atoms. The van der Waals surface area contributed by atoms with Crippen molar-refractivity contribution in [2.75, 3.05) is 0 Å². The Bertz CT molecular complexity index is 579. The summed E-state index contributed by atoms with van der Waals surface area (Å²) in [6.07, 6.45) is 19.6. The summed E-state index contributed by atoms with van der Waals surface area (Å²) in [6, 6.07) is 0. The number of rotatable bonds is 8. The monoisotopic (exact) mass is 325 g/mol. The van der Waals surface area contributed by atoms with Gasteiger partial charge in [0, 0.05) is 11.5 Å².